The lowest BCUT2D eigenvalue weighted by Gasteiger charge is -2.14. The van der Waals surface area contributed by atoms with Crippen molar-refractivity contribution in [3.8, 4) is 0 Å². The molecule has 0 aromatic carbocycles. The number of hydrogen-bond acceptors (Lipinski definition) is 4. The van der Waals surface area contributed by atoms with Crippen LogP contribution in [0.5, 0.6) is 0 Å². The predicted octanol–water partition coefficient (Wildman–Crippen LogP) is -0.761. The molecule has 0 radical (unpaired) electrons. The second kappa shape index (κ2) is 4.45. The van der Waals surface area contributed by atoms with E-state index in [2.05, 4.69) is 10.1 Å². The van der Waals surface area contributed by atoms with Crippen LogP contribution in [0.25, 0.3) is 0 Å². The summed E-state index contributed by atoms with van der Waals surface area (Å²) >= 11 is 0. The highest BCUT2D eigenvalue weighted by Gasteiger charge is 2.14. The Morgan fingerprint density at radius 1 is 1.80 bits per heavy atom. The molecule has 1 heterocycles. The number of oxime groups is 1. The summed E-state index contributed by atoms with van der Waals surface area (Å²) in [5.41, 5.74) is 5.60. The van der Waals surface area contributed by atoms with Gasteiger partial charge in [0.05, 0.1) is 12.9 Å². The van der Waals surface area contributed by atoms with Gasteiger partial charge in [0.25, 0.3) is 5.91 Å². The third-order valence-corrected chi connectivity index (χ3v) is 1.80. The SMILES string of the molecule is CN(CC(N)=NO)C(=O)c1cn(C)cn1. The smallest absolute Gasteiger partial charge is 0.274 e. The van der Waals surface area contributed by atoms with Crippen molar-refractivity contribution < 1.29 is 10.0 Å². The molecule has 7 nitrogen and oxygen atoms in total. The van der Waals surface area contributed by atoms with Gasteiger partial charge in [-0.3, -0.25) is 4.79 Å². The lowest BCUT2D eigenvalue weighted by molar-refractivity contribution is 0.0808. The van der Waals surface area contributed by atoms with Crippen molar-refractivity contribution in [3.63, 3.8) is 0 Å². The molecule has 1 aromatic rings. The number of hydrogen-bond donors (Lipinski definition) is 2. The predicted molar refractivity (Wildman–Crippen MR) is 53.6 cm³/mol. The number of likely N-dealkylation sites (N-methyl/N-ethyl adjacent to an activating group) is 1. The van der Waals surface area contributed by atoms with Gasteiger partial charge in [0.15, 0.2) is 5.84 Å². The highest BCUT2D eigenvalue weighted by Crippen LogP contribution is 1.99. The van der Waals surface area contributed by atoms with E-state index in [0.29, 0.717) is 5.69 Å². The molecular formula is C8H13N5O2. The Hall–Kier alpha value is -2.05. The molecule has 0 spiro atoms. The van der Waals surface area contributed by atoms with Crippen LogP contribution in [0.2, 0.25) is 0 Å². The van der Waals surface area contributed by atoms with Crippen LogP contribution in [0.3, 0.4) is 0 Å². The highest BCUT2D eigenvalue weighted by molar-refractivity contribution is 5.95. The van der Waals surface area contributed by atoms with Crippen LogP contribution in [0.15, 0.2) is 17.7 Å². The highest BCUT2D eigenvalue weighted by atomic mass is 16.4. The second-order valence-corrected chi connectivity index (χ2v) is 3.18. The first kappa shape index (κ1) is 11.0. The van der Waals surface area contributed by atoms with E-state index in [9.17, 15) is 4.79 Å². The summed E-state index contributed by atoms with van der Waals surface area (Å²) in [5.74, 6) is -0.302. The molecule has 1 aromatic heterocycles. The van der Waals surface area contributed by atoms with E-state index < -0.39 is 0 Å². The Kier molecular flexibility index (Phi) is 3.27. The van der Waals surface area contributed by atoms with E-state index in [1.807, 2.05) is 0 Å². The molecule has 0 unspecified atom stereocenters. The van der Waals surface area contributed by atoms with E-state index >= 15 is 0 Å². The monoisotopic (exact) mass is 211 g/mol. The average Bonchev–Trinajstić information content (AvgIpc) is 2.63. The minimum atomic E-state index is -0.276. The third kappa shape index (κ3) is 2.70. The third-order valence-electron chi connectivity index (χ3n) is 1.80. The Labute approximate surface area is 86.8 Å². The van der Waals surface area contributed by atoms with Gasteiger partial charge >= 0.3 is 0 Å². The molecule has 0 aliphatic heterocycles. The van der Waals surface area contributed by atoms with Crippen molar-refractivity contribution in [1.82, 2.24) is 14.5 Å². The summed E-state index contributed by atoms with van der Waals surface area (Å²) in [4.78, 5) is 16.9. The number of amidine groups is 1. The van der Waals surface area contributed by atoms with Crippen LogP contribution in [-0.4, -0.2) is 45.0 Å². The maximum absolute atomic E-state index is 11.7. The summed E-state index contributed by atoms with van der Waals surface area (Å²) in [6.07, 6.45) is 3.13. The molecule has 1 rings (SSSR count). The molecule has 0 saturated carbocycles. The zero-order valence-corrected chi connectivity index (χ0v) is 8.58. The molecular weight excluding hydrogens is 198 g/mol. The van der Waals surface area contributed by atoms with E-state index in [1.54, 1.807) is 24.9 Å². The fraction of sp³-hybridized carbons (Fsp3) is 0.375. The number of rotatable bonds is 3. The number of carbonyl (C=O) groups is 1. The van der Waals surface area contributed by atoms with Crippen molar-refractivity contribution in [2.24, 2.45) is 17.9 Å². The second-order valence-electron chi connectivity index (χ2n) is 3.18. The number of nitrogens with two attached hydrogens (primary N) is 1. The van der Waals surface area contributed by atoms with Crippen LogP contribution in [0.4, 0.5) is 0 Å². The van der Waals surface area contributed by atoms with Crippen molar-refractivity contribution in [3.05, 3.63) is 18.2 Å². The first-order valence-electron chi connectivity index (χ1n) is 4.24. The zero-order chi connectivity index (χ0) is 11.4. The zero-order valence-electron chi connectivity index (χ0n) is 8.58. The van der Waals surface area contributed by atoms with Gasteiger partial charge in [-0.1, -0.05) is 5.16 Å². The molecule has 7 heteroatoms. The van der Waals surface area contributed by atoms with Gasteiger partial charge in [-0.15, -0.1) is 0 Å². The lowest BCUT2D eigenvalue weighted by atomic mass is 10.4. The first-order valence-corrected chi connectivity index (χ1v) is 4.24. The standard InChI is InChI=1S/C8H13N5O2/c1-12-3-6(10-5-12)8(14)13(2)4-7(9)11-15/h3,5,15H,4H2,1-2H3,(H2,9,11). The van der Waals surface area contributed by atoms with Crippen molar-refractivity contribution in [2.45, 2.75) is 0 Å². The Bertz CT molecular complexity index is 384. The Morgan fingerprint density at radius 3 is 2.93 bits per heavy atom. The fourth-order valence-electron chi connectivity index (χ4n) is 1.07. The van der Waals surface area contributed by atoms with E-state index in [4.69, 9.17) is 10.9 Å². The van der Waals surface area contributed by atoms with Crippen LogP contribution in [-0.2, 0) is 7.05 Å². The van der Waals surface area contributed by atoms with Gasteiger partial charge in [-0.25, -0.2) is 4.98 Å². The molecule has 0 aliphatic carbocycles. The molecule has 15 heavy (non-hydrogen) atoms. The van der Waals surface area contributed by atoms with Crippen LogP contribution in [0.1, 0.15) is 10.5 Å². The number of aryl methyl sites for hydroxylation is 1. The summed E-state index contributed by atoms with van der Waals surface area (Å²) in [6, 6.07) is 0. The largest absolute Gasteiger partial charge is 0.409 e. The normalized spacial score (nSPS) is 11.5. The molecule has 0 aliphatic rings. The van der Waals surface area contributed by atoms with Crippen molar-refractivity contribution in [1.29, 1.82) is 0 Å². The fourth-order valence-corrected chi connectivity index (χ4v) is 1.07. The molecule has 0 fully saturated rings. The molecule has 0 saturated heterocycles. The van der Waals surface area contributed by atoms with Crippen LogP contribution >= 0.6 is 0 Å². The Morgan fingerprint density at radius 2 is 2.47 bits per heavy atom. The van der Waals surface area contributed by atoms with Crippen molar-refractivity contribution in [2.75, 3.05) is 13.6 Å². The van der Waals surface area contributed by atoms with E-state index in [0.717, 1.165) is 0 Å². The summed E-state index contributed by atoms with van der Waals surface area (Å²) in [7, 11) is 3.32. The summed E-state index contributed by atoms with van der Waals surface area (Å²) in [6.45, 7) is 0.0614. The van der Waals surface area contributed by atoms with Gasteiger partial charge in [0, 0.05) is 20.3 Å². The van der Waals surface area contributed by atoms with Gasteiger partial charge in [-0.05, 0) is 0 Å². The molecule has 0 bridgehead atoms. The maximum Gasteiger partial charge on any atom is 0.274 e. The molecule has 0 atom stereocenters. The van der Waals surface area contributed by atoms with Gasteiger partial charge < -0.3 is 20.4 Å². The van der Waals surface area contributed by atoms with Crippen LogP contribution < -0.4 is 5.73 Å². The van der Waals surface area contributed by atoms with Crippen LogP contribution in [0, 0.1) is 0 Å². The molecule has 1 amide bonds. The lowest BCUT2D eigenvalue weighted by Crippen LogP contribution is -2.35. The van der Waals surface area contributed by atoms with Gasteiger partial charge in [0.2, 0.25) is 0 Å². The first-order chi connectivity index (χ1) is 7.04. The van der Waals surface area contributed by atoms with E-state index in [-0.39, 0.29) is 18.3 Å². The number of carbonyl (C=O) groups excluding carboxylic acids is 1. The summed E-state index contributed by atoms with van der Waals surface area (Å²) in [5, 5.41) is 11.1. The van der Waals surface area contributed by atoms with Gasteiger partial charge in [0.1, 0.15) is 5.69 Å². The number of aromatic nitrogens is 2. The Balaban J connectivity index is 2.69. The molecule has 3 N–H and O–H groups in total. The minimum absolute atomic E-state index is 0.0261. The minimum Gasteiger partial charge on any atom is -0.409 e. The quantitative estimate of drug-likeness (QED) is 0.297. The number of imidazole rings is 1. The topological polar surface area (TPSA) is 96.7 Å². The number of nitrogens with zero attached hydrogens (tertiary/aromatic N) is 4. The number of amides is 1. The molecule has 82 valence electrons. The van der Waals surface area contributed by atoms with Gasteiger partial charge in [-0.2, -0.15) is 0 Å². The average molecular weight is 211 g/mol. The van der Waals surface area contributed by atoms with E-state index in [1.165, 1.54) is 11.2 Å². The maximum atomic E-state index is 11.7. The van der Waals surface area contributed by atoms with Crippen molar-refractivity contribution >= 4 is 11.7 Å². The summed E-state index contributed by atoms with van der Waals surface area (Å²) < 4.78 is 1.67.